The molecule has 0 bridgehead atoms. The van der Waals surface area contributed by atoms with Gasteiger partial charge in [-0.05, 0) is 13.8 Å². The second-order valence-corrected chi connectivity index (χ2v) is 6.06. The molecule has 9 nitrogen and oxygen atoms in total. The fourth-order valence-corrected chi connectivity index (χ4v) is 2.36. The quantitative estimate of drug-likeness (QED) is 0.819. The smallest absolute Gasteiger partial charge is 0.360 e. The summed E-state index contributed by atoms with van der Waals surface area (Å²) < 4.78 is 37.1. The van der Waals surface area contributed by atoms with E-state index in [0.29, 0.717) is 0 Å². The first kappa shape index (κ1) is 15.0. The standard InChI is InChI=1S/C11H14N4O5S/c1-7(2)15-5-10(12-6-15)21(17,18)14-9-4-8(13-20-9)11(16)19-3/h4-7,14H,1-3H3. The summed E-state index contributed by atoms with van der Waals surface area (Å²) in [6.07, 6.45) is 2.81. The molecule has 0 amide bonds. The third-order valence-corrected chi connectivity index (χ3v) is 3.82. The van der Waals surface area contributed by atoms with Crippen molar-refractivity contribution in [2.75, 3.05) is 11.8 Å². The number of ether oxygens (including phenoxy) is 1. The van der Waals surface area contributed by atoms with Gasteiger partial charge in [-0.3, -0.25) is 0 Å². The molecule has 2 aromatic heterocycles. The maximum Gasteiger partial charge on any atom is 0.360 e. The summed E-state index contributed by atoms with van der Waals surface area (Å²) >= 11 is 0. The summed E-state index contributed by atoms with van der Waals surface area (Å²) in [6.45, 7) is 3.79. The van der Waals surface area contributed by atoms with Crippen molar-refractivity contribution < 1.29 is 22.5 Å². The SMILES string of the molecule is COC(=O)c1cc(NS(=O)(=O)c2cn(C(C)C)cn2)on1. The molecule has 0 atom stereocenters. The number of hydrogen-bond donors (Lipinski definition) is 1. The Bertz CT molecular complexity index is 746. The van der Waals surface area contributed by atoms with Crippen LogP contribution in [0.15, 0.2) is 28.1 Å². The van der Waals surface area contributed by atoms with Crippen LogP contribution in [0.4, 0.5) is 5.88 Å². The Hall–Kier alpha value is -2.36. The van der Waals surface area contributed by atoms with Crippen LogP contribution < -0.4 is 4.72 Å². The fraction of sp³-hybridized carbons (Fsp3) is 0.364. The van der Waals surface area contributed by atoms with E-state index in [1.807, 2.05) is 13.8 Å². The van der Waals surface area contributed by atoms with Crippen LogP contribution in [0.3, 0.4) is 0 Å². The van der Waals surface area contributed by atoms with E-state index < -0.39 is 16.0 Å². The van der Waals surface area contributed by atoms with Gasteiger partial charge in [-0.1, -0.05) is 5.16 Å². The molecular weight excluding hydrogens is 300 g/mol. The highest BCUT2D eigenvalue weighted by atomic mass is 32.2. The zero-order valence-electron chi connectivity index (χ0n) is 11.6. The number of imidazole rings is 1. The van der Waals surface area contributed by atoms with Crippen molar-refractivity contribution in [2.24, 2.45) is 0 Å². The van der Waals surface area contributed by atoms with Gasteiger partial charge < -0.3 is 13.8 Å². The lowest BCUT2D eigenvalue weighted by Crippen LogP contribution is -2.13. The molecule has 0 fully saturated rings. The van der Waals surface area contributed by atoms with E-state index in [4.69, 9.17) is 4.52 Å². The summed E-state index contributed by atoms with van der Waals surface area (Å²) in [5, 5.41) is 3.24. The van der Waals surface area contributed by atoms with Crippen molar-refractivity contribution >= 4 is 21.9 Å². The average molecular weight is 314 g/mol. The monoisotopic (exact) mass is 314 g/mol. The van der Waals surface area contributed by atoms with E-state index in [1.165, 1.54) is 19.6 Å². The Labute approximate surface area is 121 Å². The Kier molecular flexibility index (Phi) is 3.98. The molecule has 2 heterocycles. The first-order valence-electron chi connectivity index (χ1n) is 5.95. The lowest BCUT2D eigenvalue weighted by atomic mass is 10.4. The van der Waals surface area contributed by atoms with E-state index >= 15 is 0 Å². The van der Waals surface area contributed by atoms with Gasteiger partial charge in [0.25, 0.3) is 10.0 Å². The predicted molar refractivity (Wildman–Crippen MR) is 71.3 cm³/mol. The molecule has 0 radical (unpaired) electrons. The third kappa shape index (κ3) is 3.21. The van der Waals surface area contributed by atoms with Gasteiger partial charge in [0.15, 0.2) is 10.7 Å². The van der Waals surface area contributed by atoms with Crippen LogP contribution in [0.25, 0.3) is 0 Å². The fourth-order valence-electron chi connectivity index (χ4n) is 1.45. The largest absolute Gasteiger partial charge is 0.464 e. The molecule has 114 valence electrons. The maximum atomic E-state index is 12.1. The number of anilines is 1. The molecule has 21 heavy (non-hydrogen) atoms. The first-order chi connectivity index (χ1) is 9.83. The zero-order valence-corrected chi connectivity index (χ0v) is 12.4. The lowest BCUT2D eigenvalue weighted by molar-refractivity contribution is 0.0589. The van der Waals surface area contributed by atoms with Crippen LogP contribution in [0, 0.1) is 0 Å². The summed E-state index contributed by atoms with van der Waals surface area (Å²) in [4.78, 5) is 15.0. The Morgan fingerprint density at radius 1 is 1.48 bits per heavy atom. The van der Waals surface area contributed by atoms with E-state index in [0.717, 1.165) is 6.07 Å². The molecule has 0 aliphatic carbocycles. The summed E-state index contributed by atoms with van der Waals surface area (Å²) in [6, 6.07) is 1.21. The Balaban J connectivity index is 2.20. The van der Waals surface area contributed by atoms with Gasteiger partial charge in [-0.25, -0.2) is 14.5 Å². The van der Waals surface area contributed by atoms with Gasteiger partial charge in [0.2, 0.25) is 5.88 Å². The molecule has 1 N–H and O–H groups in total. The second kappa shape index (κ2) is 5.56. The highest BCUT2D eigenvalue weighted by Crippen LogP contribution is 2.17. The van der Waals surface area contributed by atoms with Gasteiger partial charge in [0.05, 0.1) is 13.4 Å². The molecule has 0 saturated heterocycles. The van der Waals surface area contributed by atoms with Gasteiger partial charge in [0.1, 0.15) is 0 Å². The highest BCUT2D eigenvalue weighted by molar-refractivity contribution is 7.92. The normalized spacial score (nSPS) is 11.6. The minimum atomic E-state index is -3.91. The summed E-state index contributed by atoms with van der Waals surface area (Å²) in [7, 11) is -2.73. The van der Waals surface area contributed by atoms with Crippen molar-refractivity contribution in [2.45, 2.75) is 24.9 Å². The van der Waals surface area contributed by atoms with Gasteiger partial charge in [-0.15, -0.1) is 0 Å². The van der Waals surface area contributed by atoms with Crippen molar-refractivity contribution in [1.29, 1.82) is 0 Å². The van der Waals surface area contributed by atoms with Crippen molar-refractivity contribution in [1.82, 2.24) is 14.7 Å². The number of carbonyl (C=O) groups is 1. The topological polar surface area (TPSA) is 116 Å². The molecule has 0 aliphatic heterocycles. The highest BCUT2D eigenvalue weighted by Gasteiger charge is 2.21. The number of aromatic nitrogens is 3. The number of hydrogen-bond acceptors (Lipinski definition) is 7. The van der Waals surface area contributed by atoms with Gasteiger partial charge in [-0.2, -0.15) is 8.42 Å². The molecule has 0 aliphatic rings. The Morgan fingerprint density at radius 3 is 2.76 bits per heavy atom. The minimum absolute atomic E-state index is 0.0812. The van der Waals surface area contributed by atoms with E-state index in [-0.39, 0.29) is 22.6 Å². The van der Waals surface area contributed by atoms with E-state index in [1.54, 1.807) is 4.57 Å². The van der Waals surface area contributed by atoms with Crippen LogP contribution in [0.2, 0.25) is 0 Å². The lowest BCUT2D eigenvalue weighted by Gasteiger charge is -2.04. The number of nitrogens with one attached hydrogen (secondary N) is 1. The number of nitrogens with zero attached hydrogens (tertiary/aromatic N) is 3. The summed E-state index contributed by atoms with van der Waals surface area (Å²) in [5.41, 5.74) is -0.136. The van der Waals surface area contributed by atoms with Crippen LogP contribution in [0.5, 0.6) is 0 Å². The van der Waals surface area contributed by atoms with Crippen LogP contribution >= 0.6 is 0 Å². The first-order valence-corrected chi connectivity index (χ1v) is 7.43. The Morgan fingerprint density at radius 2 is 2.19 bits per heavy atom. The maximum absolute atomic E-state index is 12.1. The van der Waals surface area contributed by atoms with Gasteiger partial charge in [0, 0.05) is 18.3 Å². The van der Waals surface area contributed by atoms with Crippen LogP contribution in [-0.4, -0.2) is 36.2 Å². The molecule has 10 heteroatoms. The molecule has 0 spiro atoms. The van der Waals surface area contributed by atoms with Crippen molar-refractivity contribution in [3.05, 3.63) is 24.3 Å². The molecule has 0 saturated carbocycles. The molecular formula is C11H14N4O5S. The van der Waals surface area contributed by atoms with Crippen LogP contribution in [0.1, 0.15) is 30.4 Å². The zero-order chi connectivity index (χ0) is 15.6. The number of methoxy groups -OCH3 is 1. The van der Waals surface area contributed by atoms with E-state index in [2.05, 4.69) is 19.6 Å². The minimum Gasteiger partial charge on any atom is -0.464 e. The molecule has 2 aromatic rings. The molecule has 0 aromatic carbocycles. The summed E-state index contributed by atoms with van der Waals surface area (Å²) in [5.74, 6) is -0.928. The van der Waals surface area contributed by atoms with Crippen molar-refractivity contribution in [3.63, 3.8) is 0 Å². The van der Waals surface area contributed by atoms with E-state index in [9.17, 15) is 13.2 Å². The van der Waals surface area contributed by atoms with Crippen LogP contribution in [-0.2, 0) is 14.8 Å². The number of esters is 1. The predicted octanol–water partition coefficient (Wildman–Crippen LogP) is 1.04. The number of rotatable bonds is 5. The average Bonchev–Trinajstić information content (AvgIpc) is 3.05. The van der Waals surface area contributed by atoms with Gasteiger partial charge >= 0.3 is 5.97 Å². The number of carbonyl (C=O) groups excluding carboxylic acids is 1. The molecule has 0 unspecified atom stereocenters. The number of sulfonamides is 1. The second-order valence-electron chi connectivity index (χ2n) is 4.43. The third-order valence-electron chi connectivity index (χ3n) is 2.59. The molecule has 2 rings (SSSR count). The van der Waals surface area contributed by atoms with Crippen molar-refractivity contribution in [3.8, 4) is 0 Å².